The number of ether oxygens (including phenoxy) is 1. The van der Waals surface area contributed by atoms with Crippen molar-refractivity contribution < 1.29 is 14.3 Å². The van der Waals surface area contributed by atoms with Crippen molar-refractivity contribution in [2.45, 2.75) is 24.8 Å². The van der Waals surface area contributed by atoms with Gasteiger partial charge in [-0.1, -0.05) is 30.3 Å². The van der Waals surface area contributed by atoms with Crippen LogP contribution in [0.15, 0.2) is 77.7 Å². The van der Waals surface area contributed by atoms with Gasteiger partial charge in [-0.05, 0) is 56.3 Å². The van der Waals surface area contributed by atoms with Crippen LogP contribution < -0.4 is 25.2 Å². The zero-order valence-electron chi connectivity index (χ0n) is 21.6. The van der Waals surface area contributed by atoms with Crippen molar-refractivity contribution in [3.05, 3.63) is 78.4 Å². The summed E-state index contributed by atoms with van der Waals surface area (Å²) < 4.78 is 5.54. The molecule has 1 aliphatic heterocycles. The summed E-state index contributed by atoms with van der Waals surface area (Å²) in [5, 5.41) is 5.96. The van der Waals surface area contributed by atoms with E-state index in [1.54, 1.807) is 13.2 Å². The van der Waals surface area contributed by atoms with Crippen LogP contribution in [0.3, 0.4) is 0 Å². The van der Waals surface area contributed by atoms with E-state index in [4.69, 9.17) is 4.74 Å². The maximum absolute atomic E-state index is 13.2. The minimum absolute atomic E-state index is 0.00302. The molecule has 0 bridgehead atoms. The van der Waals surface area contributed by atoms with Crippen LogP contribution in [0.2, 0.25) is 0 Å². The summed E-state index contributed by atoms with van der Waals surface area (Å²) in [5.74, 6) is 0.900. The Labute approximate surface area is 223 Å². The van der Waals surface area contributed by atoms with Crippen molar-refractivity contribution in [2.24, 2.45) is 0 Å². The number of rotatable bonds is 9. The highest BCUT2D eigenvalue weighted by Gasteiger charge is 2.24. The number of amides is 2. The molecule has 7 nitrogen and oxygen atoms in total. The molecule has 8 heteroatoms. The number of piperazine rings is 1. The van der Waals surface area contributed by atoms with Gasteiger partial charge in [0.05, 0.1) is 24.1 Å². The Morgan fingerprint density at radius 2 is 1.54 bits per heavy atom. The van der Waals surface area contributed by atoms with Crippen molar-refractivity contribution in [1.82, 2.24) is 5.32 Å². The van der Waals surface area contributed by atoms with Crippen LogP contribution >= 0.6 is 11.8 Å². The Balaban J connectivity index is 1.47. The molecule has 0 spiro atoms. The fraction of sp³-hybridized carbons (Fsp3) is 0.310. The van der Waals surface area contributed by atoms with Gasteiger partial charge in [-0.15, -0.1) is 11.8 Å². The summed E-state index contributed by atoms with van der Waals surface area (Å²) in [5.41, 5.74) is 3.13. The van der Waals surface area contributed by atoms with Gasteiger partial charge in [0.1, 0.15) is 5.75 Å². The molecule has 37 heavy (non-hydrogen) atoms. The molecule has 2 N–H and O–H groups in total. The quantitative estimate of drug-likeness (QED) is 0.393. The van der Waals surface area contributed by atoms with Gasteiger partial charge in [0.15, 0.2) is 0 Å². The molecule has 3 aromatic carbocycles. The fourth-order valence-electron chi connectivity index (χ4n) is 4.35. The second-order valence-electron chi connectivity index (χ2n) is 9.16. The average molecular weight is 519 g/mol. The molecule has 1 saturated heterocycles. The maximum Gasteiger partial charge on any atom is 0.253 e. The number of para-hydroxylation sites is 2. The Morgan fingerprint density at radius 1 is 0.892 bits per heavy atom. The van der Waals surface area contributed by atoms with Crippen LogP contribution in [0.25, 0.3) is 0 Å². The number of carbonyl (C=O) groups excluding carboxylic acids is 2. The monoisotopic (exact) mass is 518 g/mol. The van der Waals surface area contributed by atoms with Gasteiger partial charge in [-0.2, -0.15) is 0 Å². The lowest BCUT2D eigenvalue weighted by Crippen LogP contribution is -2.47. The first kappa shape index (κ1) is 26.4. The Morgan fingerprint density at radius 3 is 2.22 bits per heavy atom. The molecule has 0 aliphatic carbocycles. The largest absolute Gasteiger partial charge is 0.495 e. The van der Waals surface area contributed by atoms with Gasteiger partial charge in [0.2, 0.25) is 5.91 Å². The molecule has 1 heterocycles. The molecule has 2 amide bonds. The van der Waals surface area contributed by atoms with Crippen molar-refractivity contribution in [1.29, 1.82) is 0 Å². The topological polar surface area (TPSA) is 73.9 Å². The van der Waals surface area contributed by atoms with E-state index in [2.05, 4.69) is 26.5 Å². The minimum atomic E-state index is -0.146. The van der Waals surface area contributed by atoms with Crippen molar-refractivity contribution in [3.63, 3.8) is 0 Å². The van der Waals surface area contributed by atoms with Gasteiger partial charge in [0.25, 0.3) is 5.91 Å². The van der Waals surface area contributed by atoms with E-state index < -0.39 is 0 Å². The third-order valence-corrected chi connectivity index (χ3v) is 7.12. The number of nitrogens with one attached hydrogen (secondary N) is 2. The predicted molar refractivity (Wildman–Crippen MR) is 152 cm³/mol. The zero-order chi connectivity index (χ0) is 26.2. The number of hydrogen-bond acceptors (Lipinski definition) is 6. The van der Waals surface area contributed by atoms with Gasteiger partial charge in [-0.25, -0.2) is 0 Å². The lowest BCUT2D eigenvalue weighted by atomic mass is 10.1. The third kappa shape index (κ3) is 6.98. The van der Waals surface area contributed by atoms with E-state index >= 15 is 0 Å². The molecule has 0 saturated carbocycles. The first-order chi connectivity index (χ1) is 17.9. The van der Waals surface area contributed by atoms with Crippen LogP contribution in [0, 0.1) is 0 Å². The summed E-state index contributed by atoms with van der Waals surface area (Å²) >= 11 is 1.48. The summed E-state index contributed by atoms with van der Waals surface area (Å²) in [6.45, 7) is 7.02. The maximum atomic E-state index is 13.2. The van der Waals surface area contributed by atoms with Gasteiger partial charge in [-0.3, -0.25) is 9.59 Å². The number of nitrogens with zero attached hydrogens (tertiary/aromatic N) is 2. The number of hydrogen-bond donors (Lipinski definition) is 2. The Kier molecular flexibility index (Phi) is 8.95. The highest BCUT2D eigenvalue weighted by molar-refractivity contribution is 8.00. The second kappa shape index (κ2) is 12.5. The summed E-state index contributed by atoms with van der Waals surface area (Å²) in [6, 6.07) is 23.5. The lowest BCUT2D eigenvalue weighted by Gasteiger charge is -2.38. The lowest BCUT2D eigenvalue weighted by molar-refractivity contribution is -0.113. The van der Waals surface area contributed by atoms with Crippen molar-refractivity contribution >= 4 is 40.6 Å². The first-order valence-corrected chi connectivity index (χ1v) is 13.5. The molecule has 1 aliphatic rings. The molecule has 3 aromatic rings. The number of thioether (sulfide) groups is 1. The van der Waals surface area contributed by atoms with Crippen LogP contribution in [0.5, 0.6) is 5.75 Å². The molecule has 0 radical (unpaired) electrons. The van der Waals surface area contributed by atoms with Crippen molar-refractivity contribution in [2.75, 3.05) is 54.2 Å². The molecule has 0 atom stereocenters. The normalized spacial score (nSPS) is 13.4. The van der Waals surface area contributed by atoms with E-state index in [0.717, 1.165) is 48.2 Å². The number of methoxy groups -OCH3 is 1. The summed E-state index contributed by atoms with van der Waals surface area (Å²) in [4.78, 5) is 31.3. The van der Waals surface area contributed by atoms with E-state index in [1.807, 2.05) is 74.5 Å². The highest BCUT2D eigenvalue weighted by Crippen LogP contribution is 2.31. The van der Waals surface area contributed by atoms with Crippen LogP contribution in [0.4, 0.5) is 17.1 Å². The first-order valence-electron chi connectivity index (χ1n) is 12.5. The van der Waals surface area contributed by atoms with Gasteiger partial charge < -0.3 is 25.2 Å². The third-order valence-electron chi connectivity index (χ3n) is 6.10. The predicted octanol–water partition coefficient (Wildman–Crippen LogP) is 4.89. The van der Waals surface area contributed by atoms with E-state index in [9.17, 15) is 9.59 Å². The second-order valence-corrected chi connectivity index (χ2v) is 10.2. The summed E-state index contributed by atoms with van der Waals surface area (Å²) in [6.07, 6.45) is 0. The number of benzene rings is 3. The molecule has 194 valence electrons. The Hall–Kier alpha value is -3.65. The molecule has 0 unspecified atom stereocenters. The van der Waals surface area contributed by atoms with Crippen LogP contribution in [-0.2, 0) is 4.79 Å². The highest BCUT2D eigenvalue weighted by atomic mass is 32.2. The van der Waals surface area contributed by atoms with E-state index in [0.29, 0.717) is 17.0 Å². The molecule has 1 fully saturated rings. The molecular weight excluding hydrogens is 484 g/mol. The number of anilines is 3. The standard InChI is InChI=1S/C29H34N4O3S/c1-21(2)30-29(35)24-19-22(31-28(34)20-37-23-9-5-4-6-10-23)13-14-25(24)32-15-17-33(18-16-32)26-11-7-8-12-27(26)36-3/h4-14,19,21H,15-18,20H2,1-3H3,(H,30,35)(H,31,34). The van der Waals surface area contributed by atoms with E-state index in [1.165, 1.54) is 11.8 Å². The van der Waals surface area contributed by atoms with E-state index in [-0.39, 0.29) is 17.9 Å². The number of carbonyl (C=O) groups is 2. The average Bonchev–Trinajstić information content (AvgIpc) is 2.92. The SMILES string of the molecule is COc1ccccc1N1CCN(c2ccc(NC(=O)CSc3ccccc3)cc2C(=O)NC(C)C)CC1. The van der Waals surface area contributed by atoms with Gasteiger partial charge in [0, 0.05) is 48.5 Å². The fourth-order valence-corrected chi connectivity index (χ4v) is 5.07. The molecule has 0 aromatic heterocycles. The Bertz CT molecular complexity index is 1210. The summed E-state index contributed by atoms with van der Waals surface area (Å²) in [7, 11) is 1.69. The van der Waals surface area contributed by atoms with Crippen LogP contribution in [-0.4, -0.2) is 56.9 Å². The molecular formula is C29H34N4O3S. The molecule has 4 rings (SSSR count). The van der Waals surface area contributed by atoms with Gasteiger partial charge >= 0.3 is 0 Å². The van der Waals surface area contributed by atoms with Crippen molar-refractivity contribution in [3.8, 4) is 5.75 Å². The minimum Gasteiger partial charge on any atom is -0.495 e. The smallest absolute Gasteiger partial charge is 0.253 e. The zero-order valence-corrected chi connectivity index (χ0v) is 22.4. The van der Waals surface area contributed by atoms with Crippen LogP contribution in [0.1, 0.15) is 24.2 Å².